The minimum atomic E-state index is -1.28. The number of carbonyl (C=O) groups excluding carboxylic acids is 1. The first kappa shape index (κ1) is 20.2. The van der Waals surface area contributed by atoms with Crippen molar-refractivity contribution in [1.82, 2.24) is 0 Å². The van der Waals surface area contributed by atoms with Gasteiger partial charge in [0.1, 0.15) is 5.60 Å². The average Bonchev–Trinajstić information content (AvgIpc) is 2.24. The molecule has 0 atom stereocenters. The quantitative estimate of drug-likeness (QED) is 0.662. The van der Waals surface area contributed by atoms with E-state index in [9.17, 15) is 9.90 Å². The molecule has 0 heterocycles. The van der Waals surface area contributed by atoms with E-state index < -0.39 is 22.2 Å². The summed E-state index contributed by atoms with van der Waals surface area (Å²) in [5, 5.41) is 9.39. The van der Waals surface area contributed by atoms with Crippen molar-refractivity contribution < 1.29 is 14.0 Å². The van der Waals surface area contributed by atoms with Crippen LogP contribution in [0.25, 0.3) is 0 Å². The largest absolute Gasteiger partial charge is 0.456 e. The number of Topliss-reactive ketones (excluding diaryl/α,β-unsaturated/α-hetero) is 1. The molecular formula is C16H30O3Si2. The lowest BCUT2D eigenvalue weighted by Gasteiger charge is -2.27. The van der Waals surface area contributed by atoms with Crippen molar-refractivity contribution >= 4 is 22.4 Å². The molecular weight excluding hydrogens is 296 g/mol. The standard InChI is InChI=1S/C10H12O2.C6H18OSi2/c1-10(2,12)9(11)8-6-4-3-5-7-8;1-8(2,3)7-9(4,5)6/h3-7,12H,1-2H3;1-6H3. The maximum atomic E-state index is 11.4. The van der Waals surface area contributed by atoms with E-state index in [0.29, 0.717) is 5.56 Å². The second kappa shape index (κ2) is 7.49. The summed E-state index contributed by atoms with van der Waals surface area (Å²) in [6.07, 6.45) is 0. The molecule has 0 aromatic heterocycles. The molecule has 0 aliphatic rings. The Labute approximate surface area is 131 Å². The lowest BCUT2D eigenvalue weighted by Crippen LogP contribution is -2.39. The zero-order chi connectivity index (χ0) is 16.9. The second-order valence-electron chi connectivity index (χ2n) is 7.58. The summed E-state index contributed by atoms with van der Waals surface area (Å²) < 4.78 is 5.90. The molecule has 0 fully saturated rings. The van der Waals surface area contributed by atoms with Crippen LogP contribution >= 0.6 is 0 Å². The summed E-state index contributed by atoms with van der Waals surface area (Å²) in [6.45, 7) is 16.4. The fraction of sp³-hybridized carbons (Fsp3) is 0.562. The maximum Gasteiger partial charge on any atom is 0.193 e. The lowest BCUT2D eigenvalue weighted by atomic mass is 9.97. The molecule has 1 aromatic rings. The highest BCUT2D eigenvalue weighted by Gasteiger charge is 2.25. The molecule has 0 saturated heterocycles. The third-order valence-corrected chi connectivity index (χ3v) is 7.10. The van der Waals surface area contributed by atoms with E-state index in [1.807, 2.05) is 6.07 Å². The molecule has 0 aliphatic heterocycles. The molecule has 21 heavy (non-hydrogen) atoms. The fourth-order valence-corrected chi connectivity index (χ4v) is 9.21. The average molecular weight is 327 g/mol. The van der Waals surface area contributed by atoms with Crippen LogP contribution in [0.1, 0.15) is 24.2 Å². The van der Waals surface area contributed by atoms with Gasteiger partial charge in [0.15, 0.2) is 22.4 Å². The molecule has 0 amide bonds. The topological polar surface area (TPSA) is 46.5 Å². The van der Waals surface area contributed by atoms with Crippen LogP contribution in [-0.4, -0.2) is 33.1 Å². The van der Waals surface area contributed by atoms with E-state index in [-0.39, 0.29) is 5.78 Å². The normalized spacial score (nSPS) is 12.4. The van der Waals surface area contributed by atoms with Crippen molar-refractivity contribution in [1.29, 1.82) is 0 Å². The Morgan fingerprint density at radius 2 is 1.33 bits per heavy atom. The summed E-state index contributed by atoms with van der Waals surface area (Å²) in [5.41, 5.74) is -0.730. The molecule has 0 spiro atoms. The van der Waals surface area contributed by atoms with Crippen LogP contribution in [0.3, 0.4) is 0 Å². The monoisotopic (exact) mass is 326 g/mol. The molecule has 0 radical (unpaired) electrons. The Morgan fingerprint density at radius 1 is 0.952 bits per heavy atom. The lowest BCUT2D eigenvalue weighted by molar-refractivity contribution is 0.0488. The van der Waals surface area contributed by atoms with Crippen molar-refractivity contribution in [3.05, 3.63) is 35.9 Å². The summed E-state index contributed by atoms with van der Waals surface area (Å²) >= 11 is 0. The summed E-state index contributed by atoms with van der Waals surface area (Å²) in [5.74, 6) is -0.247. The third kappa shape index (κ3) is 10.6. The van der Waals surface area contributed by atoms with E-state index in [1.54, 1.807) is 24.3 Å². The molecule has 3 nitrogen and oxygen atoms in total. The zero-order valence-corrected chi connectivity index (χ0v) is 16.7. The number of rotatable bonds is 4. The van der Waals surface area contributed by atoms with Crippen LogP contribution in [-0.2, 0) is 4.12 Å². The Balaban J connectivity index is 0.000000400. The highest BCUT2D eigenvalue weighted by Crippen LogP contribution is 2.12. The van der Waals surface area contributed by atoms with Crippen LogP contribution in [0.5, 0.6) is 0 Å². The van der Waals surface area contributed by atoms with Gasteiger partial charge < -0.3 is 9.22 Å². The zero-order valence-electron chi connectivity index (χ0n) is 14.7. The van der Waals surface area contributed by atoms with Crippen molar-refractivity contribution in [2.24, 2.45) is 0 Å². The van der Waals surface area contributed by atoms with E-state index in [2.05, 4.69) is 39.3 Å². The Hall–Kier alpha value is -0.756. The van der Waals surface area contributed by atoms with Gasteiger partial charge in [-0.15, -0.1) is 0 Å². The molecule has 5 heteroatoms. The smallest absolute Gasteiger partial charge is 0.193 e. The fourth-order valence-electron chi connectivity index (χ4n) is 1.86. The number of hydrogen-bond acceptors (Lipinski definition) is 3. The highest BCUT2D eigenvalue weighted by atomic mass is 28.4. The van der Waals surface area contributed by atoms with E-state index in [0.717, 1.165) is 0 Å². The van der Waals surface area contributed by atoms with Gasteiger partial charge in [-0.2, -0.15) is 0 Å². The van der Waals surface area contributed by atoms with Crippen LogP contribution in [0.2, 0.25) is 39.3 Å². The minimum Gasteiger partial charge on any atom is -0.456 e. The molecule has 1 aromatic carbocycles. The van der Waals surface area contributed by atoms with E-state index in [4.69, 9.17) is 4.12 Å². The van der Waals surface area contributed by atoms with Gasteiger partial charge in [0.2, 0.25) is 0 Å². The van der Waals surface area contributed by atoms with Crippen molar-refractivity contribution in [2.75, 3.05) is 0 Å². The van der Waals surface area contributed by atoms with Crippen LogP contribution in [0.4, 0.5) is 0 Å². The molecule has 0 saturated carbocycles. The number of ketones is 1. The van der Waals surface area contributed by atoms with Gasteiger partial charge in [-0.3, -0.25) is 4.79 Å². The van der Waals surface area contributed by atoms with Crippen molar-refractivity contribution in [3.63, 3.8) is 0 Å². The van der Waals surface area contributed by atoms with Crippen LogP contribution < -0.4 is 0 Å². The number of benzene rings is 1. The Bertz CT molecular complexity index is 425. The summed E-state index contributed by atoms with van der Waals surface area (Å²) in [4.78, 5) is 11.4. The van der Waals surface area contributed by atoms with Gasteiger partial charge in [0.25, 0.3) is 0 Å². The van der Waals surface area contributed by atoms with E-state index >= 15 is 0 Å². The summed E-state index contributed by atoms with van der Waals surface area (Å²) in [6, 6.07) is 8.78. The van der Waals surface area contributed by atoms with Gasteiger partial charge in [-0.25, -0.2) is 0 Å². The predicted octanol–water partition coefficient (Wildman–Crippen LogP) is 4.31. The molecule has 0 unspecified atom stereocenters. The SMILES string of the molecule is CC(C)(O)C(=O)c1ccccc1.C[Si](C)(C)O[Si](C)(C)C. The number of hydrogen-bond donors (Lipinski definition) is 1. The molecule has 1 rings (SSSR count). The van der Waals surface area contributed by atoms with Gasteiger partial charge >= 0.3 is 0 Å². The molecule has 120 valence electrons. The number of aliphatic hydroxyl groups is 1. The van der Waals surface area contributed by atoms with Gasteiger partial charge in [0.05, 0.1) is 0 Å². The van der Waals surface area contributed by atoms with Crippen LogP contribution in [0, 0.1) is 0 Å². The third-order valence-electron chi connectivity index (χ3n) is 2.20. The first-order valence-corrected chi connectivity index (χ1v) is 14.1. The highest BCUT2D eigenvalue weighted by molar-refractivity contribution is 6.83. The van der Waals surface area contributed by atoms with Gasteiger partial charge in [0, 0.05) is 5.56 Å². The first-order valence-electron chi connectivity index (χ1n) is 7.25. The Morgan fingerprint density at radius 3 is 1.57 bits per heavy atom. The van der Waals surface area contributed by atoms with E-state index in [1.165, 1.54) is 13.8 Å². The molecule has 0 aliphatic carbocycles. The minimum absolute atomic E-state index is 0.247. The first-order chi connectivity index (χ1) is 9.22. The summed E-state index contributed by atoms with van der Waals surface area (Å²) in [7, 11) is -2.46. The van der Waals surface area contributed by atoms with Crippen molar-refractivity contribution in [2.45, 2.75) is 58.7 Å². The number of carbonyl (C=O) groups is 1. The van der Waals surface area contributed by atoms with Gasteiger partial charge in [-0.05, 0) is 53.1 Å². The Kier molecular flexibility index (Phi) is 7.22. The molecule has 1 N–H and O–H groups in total. The van der Waals surface area contributed by atoms with Crippen molar-refractivity contribution in [3.8, 4) is 0 Å². The maximum absolute atomic E-state index is 11.4. The molecule has 0 bridgehead atoms. The van der Waals surface area contributed by atoms with Gasteiger partial charge in [-0.1, -0.05) is 30.3 Å². The predicted molar refractivity (Wildman–Crippen MR) is 94.8 cm³/mol. The second-order valence-corrected chi connectivity index (χ2v) is 16.8. The van der Waals surface area contributed by atoms with Crippen LogP contribution in [0.15, 0.2) is 30.3 Å².